The molecule has 1 aromatic carbocycles. The van der Waals surface area contributed by atoms with Gasteiger partial charge < -0.3 is 5.73 Å². The Morgan fingerprint density at radius 1 is 1.42 bits per heavy atom. The Morgan fingerprint density at radius 3 is 2.53 bits per heavy atom. The molecule has 0 saturated heterocycles. The van der Waals surface area contributed by atoms with E-state index in [1.54, 1.807) is 6.92 Å². The average molecular weight is 309 g/mol. The van der Waals surface area contributed by atoms with Crippen LogP contribution in [0.25, 0.3) is 0 Å². The van der Waals surface area contributed by atoms with Crippen LogP contribution in [0, 0.1) is 12.7 Å². The summed E-state index contributed by atoms with van der Waals surface area (Å²) in [6.07, 6.45) is 2.66. The van der Waals surface area contributed by atoms with Crippen molar-refractivity contribution in [3.63, 3.8) is 0 Å². The van der Waals surface area contributed by atoms with Gasteiger partial charge in [0.1, 0.15) is 5.82 Å². The van der Waals surface area contributed by atoms with Gasteiger partial charge in [-0.1, -0.05) is 6.07 Å². The van der Waals surface area contributed by atoms with Gasteiger partial charge in [-0.15, -0.1) is 12.4 Å². The lowest BCUT2D eigenvalue weighted by atomic mass is 9.78. The Balaban J connectivity index is 0.00000180. The zero-order valence-corrected chi connectivity index (χ0v) is 12.3. The van der Waals surface area contributed by atoms with E-state index in [2.05, 4.69) is 4.72 Å². The van der Waals surface area contributed by atoms with E-state index in [0.29, 0.717) is 5.56 Å². The molecule has 108 valence electrons. The highest BCUT2D eigenvalue weighted by Crippen LogP contribution is 2.28. The van der Waals surface area contributed by atoms with Gasteiger partial charge in [-0.3, -0.25) is 0 Å². The maximum atomic E-state index is 13.3. The Morgan fingerprint density at radius 2 is 2.05 bits per heavy atom. The van der Waals surface area contributed by atoms with E-state index in [4.69, 9.17) is 5.73 Å². The molecule has 1 aliphatic carbocycles. The predicted octanol–water partition coefficient (Wildman–Crippen LogP) is 1.72. The summed E-state index contributed by atoms with van der Waals surface area (Å²) in [5.41, 5.74) is 5.93. The normalized spacial score (nSPS) is 17.4. The SMILES string of the molecule is Cc1ccc(S(=O)(=O)NCC2(N)CCC2)cc1F.Cl. The van der Waals surface area contributed by atoms with Crippen LogP contribution < -0.4 is 10.5 Å². The lowest BCUT2D eigenvalue weighted by Crippen LogP contribution is -2.54. The summed E-state index contributed by atoms with van der Waals surface area (Å²) >= 11 is 0. The highest BCUT2D eigenvalue weighted by atomic mass is 35.5. The third kappa shape index (κ3) is 3.66. The molecule has 0 heterocycles. The monoisotopic (exact) mass is 308 g/mol. The van der Waals surface area contributed by atoms with E-state index in [1.807, 2.05) is 0 Å². The minimum absolute atomic E-state index is 0. The number of nitrogens with two attached hydrogens (primary N) is 1. The zero-order chi connectivity index (χ0) is 13.4. The highest BCUT2D eigenvalue weighted by molar-refractivity contribution is 7.89. The number of aryl methyl sites for hydroxylation is 1. The largest absolute Gasteiger partial charge is 0.324 e. The van der Waals surface area contributed by atoms with E-state index >= 15 is 0 Å². The van der Waals surface area contributed by atoms with Gasteiger partial charge in [0.25, 0.3) is 0 Å². The van der Waals surface area contributed by atoms with Gasteiger partial charge in [0.05, 0.1) is 4.90 Å². The molecule has 0 amide bonds. The van der Waals surface area contributed by atoms with Gasteiger partial charge in [-0.25, -0.2) is 17.5 Å². The molecule has 1 fully saturated rings. The molecule has 0 unspecified atom stereocenters. The zero-order valence-electron chi connectivity index (χ0n) is 10.6. The van der Waals surface area contributed by atoms with Crippen molar-refractivity contribution in [1.29, 1.82) is 0 Å². The van der Waals surface area contributed by atoms with Gasteiger partial charge >= 0.3 is 0 Å². The molecule has 1 aliphatic rings. The third-order valence-electron chi connectivity index (χ3n) is 3.42. The quantitative estimate of drug-likeness (QED) is 0.889. The van der Waals surface area contributed by atoms with Crippen molar-refractivity contribution in [1.82, 2.24) is 4.72 Å². The number of nitrogens with one attached hydrogen (secondary N) is 1. The van der Waals surface area contributed by atoms with Crippen LogP contribution in [0.4, 0.5) is 4.39 Å². The van der Waals surface area contributed by atoms with Crippen LogP contribution >= 0.6 is 12.4 Å². The smallest absolute Gasteiger partial charge is 0.240 e. The van der Waals surface area contributed by atoms with Crippen molar-refractivity contribution in [3.8, 4) is 0 Å². The van der Waals surface area contributed by atoms with E-state index in [-0.39, 0.29) is 23.8 Å². The summed E-state index contributed by atoms with van der Waals surface area (Å²) < 4.78 is 39.7. The van der Waals surface area contributed by atoms with Crippen molar-refractivity contribution in [2.24, 2.45) is 5.73 Å². The molecule has 2 rings (SSSR count). The Bertz CT molecular complexity index is 559. The summed E-state index contributed by atoms with van der Waals surface area (Å²) in [4.78, 5) is -0.0616. The fourth-order valence-electron chi connectivity index (χ4n) is 1.87. The second-order valence-corrected chi connectivity index (χ2v) is 6.72. The molecule has 3 N–H and O–H groups in total. The van der Waals surface area contributed by atoms with Crippen LogP contribution in [0.2, 0.25) is 0 Å². The second-order valence-electron chi connectivity index (χ2n) is 4.95. The van der Waals surface area contributed by atoms with Crippen LogP contribution in [0.15, 0.2) is 23.1 Å². The Kier molecular flexibility index (Phi) is 4.95. The van der Waals surface area contributed by atoms with Crippen molar-refractivity contribution < 1.29 is 12.8 Å². The fourth-order valence-corrected chi connectivity index (χ4v) is 3.02. The van der Waals surface area contributed by atoms with Crippen molar-refractivity contribution >= 4 is 22.4 Å². The standard InChI is InChI=1S/C12H17FN2O2S.ClH/c1-9-3-4-10(7-11(9)13)18(16,17)15-8-12(14)5-2-6-12;/h3-4,7,15H,2,5-6,8,14H2,1H3;1H. The maximum Gasteiger partial charge on any atom is 0.240 e. The van der Waals surface area contributed by atoms with Gasteiger partial charge in [-0.05, 0) is 43.9 Å². The Labute approximate surface area is 119 Å². The molecule has 7 heteroatoms. The average Bonchev–Trinajstić information content (AvgIpc) is 2.27. The van der Waals surface area contributed by atoms with Crippen LogP contribution in [-0.4, -0.2) is 20.5 Å². The number of hydrogen-bond acceptors (Lipinski definition) is 3. The molecule has 0 bridgehead atoms. The Hall–Kier alpha value is -0.690. The number of rotatable bonds is 4. The van der Waals surface area contributed by atoms with Crippen LogP contribution in [0.3, 0.4) is 0 Å². The molecular weight excluding hydrogens is 291 g/mol. The minimum atomic E-state index is -3.68. The predicted molar refractivity (Wildman–Crippen MR) is 74.3 cm³/mol. The molecular formula is C12H18ClFN2O2S. The topological polar surface area (TPSA) is 72.2 Å². The van der Waals surface area contributed by atoms with Crippen molar-refractivity contribution in [2.75, 3.05) is 6.54 Å². The molecule has 1 aromatic rings. The van der Waals surface area contributed by atoms with Gasteiger partial charge in [-0.2, -0.15) is 0 Å². The number of benzene rings is 1. The van der Waals surface area contributed by atoms with E-state index < -0.39 is 21.4 Å². The lowest BCUT2D eigenvalue weighted by molar-refractivity contribution is 0.251. The maximum absolute atomic E-state index is 13.3. The number of hydrogen-bond donors (Lipinski definition) is 2. The van der Waals surface area contributed by atoms with Crippen LogP contribution in [-0.2, 0) is 10.0 Å². The number of halogens is 2. The summed E-state index contributed by atoms with van der Waals surface area (Å²) in [7, 11) is -3.68. The second kappa shape index (κ2) is 5.75. The molecule has 19 heavy (non-hydrogen) atoms. The first-order valence-electron chi connectivity index (χ1n) is 5.87. The van der Waals surface area contributed by atoms with Crippen molar-refractivity contribution in [2.45, 2.75) is 36.6 Å². The van der Waals surface area contributed by atoms with E-state index in [9.17, 15) is 12.8 Å². The number of sulfonamides is 1. The highest BCUT2D eigenvalue weighted by Gasteiger charge is 2.33. The van der Waals surface area contributed by atoms with Crippen molar-refractivity contribution in [3.05, 3.63) is 29.6 Å². The van der Waals surface area contributed by atoms with Gasteiger partial charge in [0, 0.05) is 12.1 Å². The molecule has 0 aliphatic heterocycles. The first-order chi connectivity index (χ1) is 8.32. The molecule has 0 aromatic heterocycles. The molecule has 0 spiro atoms. The summed E-state index contributed by atoms with van der Waals surface area (Å²) in [5.74, 6) is -0.524. The molecule has 4 nitrogen and oxygen atoms in total. The summed E-state index contributed by atoms with van der Waals surface area (Å²) in [5, 5.41) is 0. The molecule has 0 radical (unpaired) electrons. The van der Waals surface area contributed by atoms with E-state index in [0.717, 1.165) is 25.3 Å². The first-order valence-corrected chi connectivity index (χ1v) is 7.35. The van der Waals surface area contributed by atoms with Crippen LogP contribution in [0.1, 0.15) is 24.8 Å². The molecule has 1 saturated carbocycles. The van der Waals surface area contributed by atoms with Crippen LogP contribution in [0.5, 0.6) is 0 Å². The van der Waals surface area contributed by atoms with Gasteiger partial charge in [0.2, 0.25) is 10.0 Å². The fraction of sp³-hybridized carbons (Fsp3) is 0.500. The van der Waals surface area contributed by atoms with Gasteiger partial charge in [0.15, 0.2) is 0 Å². The first kappa shape index (κ1) is 16.4. The lowest BCUT2D eigenvalue weighted by Gasteiger charge is -2.38. The summed E-state index contributed by atoms with van der Waals surface area (Å²) in [6.45, 7) is 1.78. The van der Waals surface area contributed by atoms with E-state index in [1.165, 1.54) is 12.1 Å². The third-order valence-corrected chi connectivity index (χ3v) is 4.82. The summed E-state index contributed by atoms with van der Waals surface area (Å²) in [6, 6.07) is 3.87. The minimum Gasteiger partial charge on any atom is -0.324 e. The molecule has 0 atom stereocenters.